The second-order valence-corrected chi connectivity index (χ2v) is 9.13. The average Bonchev–Trinajstić information content (AvgIpc) is 3.05. The minimum atomic E-state index is -2.54. The van der Waals surface area contributed by atoms with E-state index < -0.39 is 65.4 Å². The first kappa shape index (κ1) is 28.0. The summed E-state index contributed by atoms with van der Waals surface area (Å²) in [7, 11) is 1.14. The van der Waals surface area contributed by atoms with Crippen LogP contribution in [-0.4, -0.2) is 65.8 Å². The zero-order valence-corrected chi connectivity index (χ0v) is 20.8. The summed E-state index contributed by atoms with van der Waals surface area (Å²) in [5, 5.41) is 10.4. The molecule has 2 rings (SSSR count). The monoisotopic (exact) mass is 492 g/mol. The fourth-order valence-electron chi connectivity index (χ4n) is 3.66. The van der Waals surface area contributed by atoms with E-state index in [4.69, 9.17) is 18.9 Å². The van der Waals surface area contributed by atoms with Crippen molar-refractivity contribution in [2.75, 3.05) is 7.11 Å². The SMILES string of the molecule is C=C1C(=O)O[C@@H]2/C=C(\C)CC/C=C(/C(=O)OC)[C@H](OC(=O)C(C)C)[C@@H](OC(=O)[C@@](C)(O)C(C)=O)[C@@H]12. The molecule has 0 amide bonds. The van der Waals surface area contributed by atoms with Gasteiger partial charge in [-0.05, 0) is 39.7 Å². The lowest BCUT2D eigenvalue weighted by molar-refractivity contribution is -0.186. The fourth-order valence-corrected chi connectivity index (χ4v) is 3.66. The van der Waals surface area contributed by atoms with E-state index in [1.807, 2.05) is 0 Å². The number of ketones is 1. The van der Waals surface area contributed by atoms with E-state index in [9.17, 15) is 29.1 Å². The van der Waals surface area contributed by atoms with Crippen molar-refractivity contribution in [3.63, 3.8) is 0 Å². The molecule has 0 saturated carbocycles. The molecular formula is C25H32O10. The summed E-state index contributed by atoms with van der Waals surface area (Å²) in [6.07, 6.45) is -0.0768. The van der Waals surface area contributed by atoms with Crippen molar-refractivity contribution in [3.8, 4) is 0 Å². The van der Waals surface area contributed by atoms with Crippen molar-refractivity contribution in [2.24, 2.45) is 11.8 Å². The Morgan fingerprint density at radius 3 is 2.40 bits per heavy atom. The number of carbonyl (C=O) groups is 5. The number of aliphatic hydroxyl groups is 1. The number of rotatable bonds is 6. The molecule has 10 heteroatoms. The zero-order chi connectivity index (χ0) is 26.7. The summed E-state index contributed by atoms with van der Waals surface area (Å²) in [6, 6.07) is 0. The zero-order valence-electron chi connectivity index (χ0n) is 20.8. The molecule has 0 bridgehead atoms. The van der Waals surface area contributed by atoms with Gasteiger partial charge in [0.25, 0.3) is 0 Å². The van der Waals surface area contributed by atoms with E-state index >= 15 is 0 Å². The minimum Gasteiger partial charge on any atom is -0.466 e. The summed E-state index contributed by atoms with van der Waals surface area (Å²) >= 11 is 0. The van der Waals surface area contributed by atoms with Crippen molar-refractivity contribution in [3.05, 3.63) is 35.5 Å². The third-order valence-corrected chi connectivity index (χ3v) is 6.03. The Kier molecular flexibility index (Phi) is 8.78. The third kappa shape index (κ3) is 6.05. The molecule has 1 saturated heterocycles. The number of esters is 4. The van der Waals surface area contributed by atoms with Gasteiger partial charge in [-0.2, -0.15) is 0 Å². The van der Waals surface area contributed by atoms with Crippen molar-refractivity contribution in [1.29, 1.82) is 0 Å². The van der Waals surface area contributed by atoms with E-state index in [0.717, 1.165) is 26.5 Å². The van der Waals surface area contributed by atoms with Crippen LogP contribution >= 0.6 is 0 Å². The predicted octanol–water partition coefficient (Wildman–Crippen LogP) is 1.74. The maximum Gasteiger partial charge on any atom is 0.346 e. The van der Waals surface area contributed by atoms with E-state index in [0.29, 0.717) is 12.8 Å². The lowest BCUT2D eigenvalue weighted by Gasteiger charge is -2.35. The first-order valence-electron chi connectivity index (χ1n) is 11.2. The molecule has 1 aliphatic carbocycles. The molecule has 1 aliphatic heterocycles. The van der Waals surface area contributed by atoms with Gasteiger partial charge in [-0.3, -0.25) is 9.59 Å². The highest BCUT2D eigenvalue weighted by molar-refractivity contribution is 6.05. The van der Waals surface area contributed by atoms with Crippen LogP contribution in [0.1, 0.15) is 47.5 Å². The second-order valence-electron chi connectivity index (χ2n) is 9.13. The number of allylic oxidation sites excluding steroid dienone is 2. The average molecular weight is 493 g/mol. The molecule has 1 heterocycles. The molecule has 0 radical (unpaired) electrons. The second kappa shape index (κ2) is 11.0. The first-order chi connectivity index (χ1) is 16.2. The topological polar surface area (TPSA) is 143 Å². The van der Waals surface area contributed by atoms with Gasteiger partial charge in [0.05, 0.1) is 24.5 Å². The van der Waals surface area contributed by atoms with Crippen LogP contribution in [0.15, 0.2) is 35.5 Å². The largest absolute Gasteiger partial charge is 0.466 e. The fraction of sp³-hybridized carbons (Fsp3) is 0.560. The lowest BCUT2D eigenvalue weighted by Crippen LogP contribution is -2.51. The van der Waals surface area contributed by atoms with Gasteiger partial charge in [-0.15, -0.1) is 0 Å². The van der Waals surface area contributed by atoms with E-state index in [-0.39, 0.29) is 11.1 Å². The number of fused-ring (bicyclic) bond motifs is 1. The molecule has 35 heavy (non-hydrogen) atoms. The maximum atomic E-state index is 12.9. The number of ether oxygens (including phenoxy) is 4. The van der Waals surface area contributed by atoms with E-state index in [2.05, 4.69) is 6.58 Å². The Morgan fingerprint density at radius 2 is 1.86 bits per heavy atom. The molecule has 192 valence electrons. The molecule has 0 aromatic carbocycles. The number of methoxy groups -OCH3 is 1. The van der Waals surface area contributed by atoms with Crippen LogP contribution in [0, 0.1) is 11.8 Å². The van der Waals surface area contributed by atoms with Crippen LogP contribution in [0.3, 0.4) is 0 Å². The Labute approximate surface area is 203 Å². The summed E-state index contributed by atoms with van der Waals surface area (Å²) in [5.74, 6) is -6.30. The molecule has 0 spiro atoms. The van der Waals surface area contributed by atoms with Crippen molar-refractivity contribution in [2.45, 2.75) is 71.4 Å². The van der Waals surface area contributed by atoms with Gasteiger partial charge in [-0.25, -0.2) is 14.4 Å². The van der Waals surface area contributed by atoms with Crippen LogP contribution in [0.25, 0.3) is 0 Å². The van der Waals surface area contributed by atoms with Gasteiger partial charge < -0.3 is 24.1 Å². The highest BCUT2D eigenvalue weighted by atomic mass is 16.6. The van der Waals surface area contributed by atoms with Gasteiger partial charge in [0.1, 0.15) is 6.10 Å². The van der Waals surface area contributed by atoms with Crippen molar-refractivity contribution < 1.29 is 48.0 Å². The molecule has 10 nitrogen and oxygen atoms in total. The van der Waals surface area contributed by atoms with Crippen LogP contribution in [0.4, 0.5) is 0 Å². The number of Topliss-reactive ketones (excluding diaryl/α,β-unsaturated/α-hetero) is 1. The summed E-state index contributed by atoms with van der Waals surface area (Å²) in [5.41, 5.74) is -1.93. The number of carbonyl (C=O) groups excluding carboxylic acids is 5. The Balaban J connectivity index is 2.76. The summed E-state index contributed by atoms with van der Waals surface area (Å²) in [6.45, 7) is 10.7. The van der Waals surface area contributed by atoms with Crippen LogP contribution < -0.4 is 0 Å². The molecular weight excluding hydrogens is 460 g/mol. The van der Waals surface area contributed by atoms with Crippen molar-refractivity contribution >= 4 is 29.7 Å². The van der Waals surface area contributed by atoms with E-state index in [1.54, 1.807) is 26.8 Å². The van der Waals surface area contributed by atoms with Gasteiger partial charge in [0.15, 0.2) is 18.0 Å². The minimum absolute atomic E-state index is 0.0882. The highest BCUT2D eigenvalue weighted by Crippen LogP contribution is 2.38. The predicted molar refractivity (Wildman–Crippen MR) is 122 cm³/mol. The number of hydrogen-bond acceptors (Lipinski definition) is 10. The Bertz CT molecular complexity index is 984. The van der Waals surface area contributed by atoms with Gasteiger partial charge in [0.2, 0.25) is 5.60 Å². The molecule has 1 N–H and O–H groups in total. The normalized spacial score (nSPS) is 29.4. The first-order valence-corrected chi connectivity index (χ1v) is 11.2. The van der Waals surface area contributed by atoms with Gasteiger partial charge >= 0.3 is 23.9 Å². The molecule has 0 unspecified atom stereocenters. The van der Waals surface area contributed by atoms with Crippen LogP contribution in [0.5, 0.6) is 0 Å². The van der Waals surface area contributed by atoms with Crippen LogP contribution in [0.2, 0.25) is 0 Å². The quantitative estimate of drug-likeness (QED) is 0.191. The molecule has 0 aromatic heterocycles. The molecule has 1 fully saturated rings. The Morgan fingerprint density at radius 1 is 1.23 bits per heavy atom. The molecule has 5 atom stereocenters. The highest BCUT2D eigenvalue weighted by Gasteiger charge is 2.52. The van der Waals surface area contributed by atoms with Gasteiger partial charge in [-0.1, -0.05) is 32.1 Å². The number of hydrogen-bond donors (Lipinski definition) is 1. The molecule has 2 aliphatic rings. The smallest absolute Gasteiger partial charge is 0.346 e. The van der Waals surface area contributed by atoms with Crippen molar-refractivity contribution in [1.82, 2.24) is 0 Å². The van der Waals surface area contributed by atoms with E-state index in [1.165, 1.54) is 6.08 Å². The maximum absolute atomic E-state index is 12.9. The van der Waals surface area contributed by atoms with Crippen LogP contribution in [-0.2, 0) is 42.9 Å². The van der Waals surface area contributed by atoms with Gasteiger partial charge in [0, 0.05) is 5.57 Å². The molecule has 0 aromatic rings. The summed E-state index contributed by atoms with van der Waals surface area (Å²) < 4.78 is 21.6. The standard InChI is InChI=1S/C25H32O10/c1-12(2)21(27)34-19-16(23(29)32-7)10-8-9-13(3)11-17-18(14(4)22(28)33-17)20(19)35-24(30)25(6,31)15(5)26/h10-12,17-20,31H,4,8-9H2,1-3,5-7H3/b13-11+,16-10+/t17-,18+,19+,20+,25+/m1/s1. The lowest BCUT2D eigenvalue weighted by atomic mass is 9.83. The third-order valence-electron chi connectivity index (χ3n) is 6.03. The summed E-state index contributed by atoms with van der Waals surface area (Å²) in [4.78, 5) is 62.8. The Hall–Kier alpha value is -3.27.